The summed E-state index contributed by atoms with van der Waals surface area (Å²) in [6, 6.07) is 4.52. The van der Waals surface area contributed by atoms with Crippen LogP contribution in [-0.4, -0.2) is 33.0 Å². The van der Waals surface area contributed by atoms with Crippen LogP contribution in [0.2, 0.25) is 0 Å². The molecular formula is C12H16N4O. The number of furan rings is 1. The van der Waals surface area contributed by atoms with Gasteiger partial charge in [-0.15, -0.1) is 5.10 Å². The molecule has 0 spiro atoms. The second-order valence-electron chi connectivity index (χ2n) is 4.57. The van der Waals surface area contributed by atoms with E-state index in [1.165, 1.54) is 0 Å². The molecule has 0 radical (unpaired) electrons. The van der Waals surface area contributed by atoms with E-state index in [0.29, 0.717) is 6.04 Å². The van der Waals surface area contributed by atoms with Crippen LogP contribution in [0, 0.1) is 6.92 Å². The quantitative estimate of drug-likeness (QED) is 0.807. The molecule has 1 aliphatic heterocycles. The summed E-state index contributed by atoms with van der Waals surface area (Å²) in [5.74, 6) is 2.02. The third-order valence-corrected chi connectivity index (χ3v) is 3.24. The zero-order valence-electron chi connectivity index (χ0n) is 9.91. The Labute approximate surface area is 100 Å². The Morgan fingerprint density at radius 1 is 1.47 bits per heavy atom. The van der Waals surface area contributed by atoms with Crippen molar-refractivity contribution in [1.82, 2.24) is 19.9 Å². The van der Waals surface area contributed by atoms with Gasteiger partial charge in [0.05, 0.1) is 18.8 Å². The molecule has 0 saturated carbocycles. The first kappa shape index (κ1) is 10.5. The van der Waals surface area contributed by atoms with E-state index in [1.54, 1.807) is 6.20 Å². The van der Waals surface area contributed by atoms with E-state index in [4.69, 9.17) is 4.42 Å². The van der Waals surface area contributed by atoms with Crippen molar-refractivity contribution >= 4 is 0 Å². The molecule has 0 aromatic carbocycles. The van der Waals surface area contributed by atoms with Crippen molar-refractivity contribution < 1.29 is 4.42 Å². The highest BCUT2D eigenvalue weighted by atomic mass is 16.3. The van der Waals surface area contributed by atoms with Gasteiger partial charge >= 0.3 is 0 Å². The molecule has 5 heteroatoms. The molecule has 1 saturated heterocycles. The molecule has 2 aromatic rings. The number of likely N-dealkylation sites (tertiary alicyclic amines) is 1. The standard InChI is InChI=1S/C12H16N4O/c1-10-2-3-12(17-10)9-15-6-4-11(8-15)16-7-5-13-14-16/h2-3,5,7,11H,4,6,8-9H2,1H3. The van der Waals surface area contributed by atoms with Crippen LogP contribution in [0.1, 0.15) is 24.0 Å². The monoisotopic (exact) mass is 232 g/mol. The Balaban J connectivity index is 1.61. The fourth-order valence-electron chi connectivity index (χ4n) is 2.37. The third kappa shape index (κ3) is 2.24. The highest BCUT2D eigenvalue weighted by Crippen LogP contribution is 2.22. The number of hydrogen-bond acceptors (Lipinski definition) is 4. The molecular weight excluding hydrogens is 216 g/mol. The van der Waals surface area contributed by atoms with Gasteiger partial charge in [0.25, 0.3) is 0 Å². The van der Waals surface area contributed by atoms with Crippen molar-refractivity contribution in [2.24, 2.45) is 0 Å². The minimum Gasteiger partial charge on any atom is -0.465 e. The molecule has 0 bridgehead atoms. The van der Waals surface area contributed by atoms with E-state index >= 15 is 0 Å². The lowest BCUT2D eigenvalue weighted by Gasteiger charge is -2.14. The molecule has 0 aliphatic carbocycles. The largest absolute Gasteiger partial charge is 0.465 e. The minimum absolute atomic E-state index is 0.452. The van der Waals surface area contributed by atoms with Gasteiger partial charge in [0.15, 0.2) is 0 Å². The third-order valence-electron chi connectivity index (χ3n) is 3.24. The Morgan fingerprint density at radius 2 is 2.41 bits per heavy atom. The molecule has 0 amide bonds. The molecule has 1 aliphatic rings. The topological polar surface area (TPSA) is 47.1 Å². The van der Waals surface area contributed by atoms with Gasteiger partial charge in [-0.2, -0.15) is 0 Å². The van der Waals surface area contributed by atoms with Crippen LogP contribution in [0.5, 0.6) is 0 Å². The molecule has 1 atom stereocenters. The van der Waals surface area contributed by atoms with Crippen LogP contribution in [-0.2, 0) is 6.54 Å². The molecule has 90 valence electrons. The zero-order chi connectivity index (χ0) is 11.7. The maximum Gasteiger partial charge on any atom is 0.118 e. The van der Waals surface area contributed by atoms with Crippen molar-refractivity contribution in [3.63, 3.8) is 0 Å². The molecule has 0 N–H and O–H groups in total. The Kier molecular flexibility index (Phi) is 2.68. The Hall–Kier alpha value is -1.62. The summed E-state index contributed by atoms with van der Waals surface area (Å²) in [6.07, 6.45) is 4.80. The molecule has 1 fully saturated rings. The lowest BCUT2D eigenvalue weighted by molar-refractivity contribution is 0.280. The predicted molar refractivity (Wildman–Crippen MR) is 62.4 cm³/mol. The number of aryl methyl sites for hydroxylation is 1. The number of aromatic nitrogens is 3. The van der Waals surface area contributed by atoms with E-state index in [1.807, 2.05) is 23.9 Å². The summed E-state index contributed by atoms with van der Waals surface area (Å²) in [5.41, 5.74) is 0. The van der Waals surface area contributed by atoms with Crippen LogP contribution < -0.4 is 0 Å². The first-order valence-electron chi connectivity index (χ1n) is 5.95. The molecule has 1 unspecified atom stereocenters. The van der Waals surface area contributed by atoms with Gasteiger partial charge < -0.3 is 4.42 Å². The highest BCUT2D eigenvalue weighted by Gasteiger charge is 2.24. The van der Waals surface area contributed by atoms with E-state index in [0.717, 1.165) is 37.6 Å². The van der Waals surface area contributed by atoms with Crippen LogP contribution in [0.3, 0.4) is 0 Å². The van der Waals surface area contributed by atoms with E-state index in [-0.39, 0.29) is 0 Å². The number of rotatable bonds is 3. The van der Waals surface area contributed by atoms with Gasteiger partial charge in [-0.1, -0.05) is 5.21 Å². The Bertz CT molecular complexity index is 476. The van der Waals surface area contributed by atoms with Gasteiger partial charge in [-0.25, -0.2) is 4.68 Å². The summed E-state index contributed by atoms with van der Waals surface area (Å²) in [6.45, 7) is 4.97. The second-order valence-corrected chi connectivity index (χ2v) is 4.57. The van der Waals surface area contributed by atoms with E-state index in [2.05, 4.69) is 21.3 Å². The summed E-state index contributed by atoms with van der Waals surface area (Å²) in [5, 5.41) is 7.92. The summed E-state index contributed by atoms with van der Waals surface area (Å²) < 4.78 is 7.55. The zero-order valence-corrected chi connectivity index (χ0v) is 9.91. The van der Waals surface area contributed by atoms with Gasteiger partial charge in [0, 0.05) is 19.3 Å². The summed E-state index contributed by atoms with van der Waals surface area (Å²) in [4.78, 5) is 2.39. The molecule has 17 heavy (non-hydrogen) atoms. The van der Waals surface area contributed by atoms with Gasteiger partial charge in [-0.05, 0) is 25.5 Å². The maximum absolute atomic E-state index is 5.59. The maximum atomic E-state index is 5.59. The number of hydrogen-bond donors (Lipinski definition) is 0. The normalized spacial score (nSPS) is 21.1. The summed E-state index contributed by atoms with van der Waals surface area (Å²) in [7, 11) is 0. The second kappa shape index (κ2) is 4.33. The Morgan fingerprint density at radius 3 is 3.12 bits per heavy atom. The smallest absolute Gasteiger partial charge is 0.118 e. The predicted octanol–water partition coefficient (Wildman–Crippen LogP) is 1.63. The highest BCUT2D eigenvalue weighted by molar-refractivity contribution is 5.05. The van der Waals surface area contributed by atoms with E-state index < -0.39 is 0 Å². The number of nitrogens with zero attached hydrogens (tertiary/aromatic N) is 4. The van der Waals surface area contributed by atoms with Crippen molar-refractivity contribution in [1.29, 1.82) is 0 Å². The van der Waals surface area contributed by atoms with Gasteiger partial charge in [-0.3, -0.25) is 4.90 Å². The fraction of sp³-hybridized carbons (Fsp3) is 0.500. The fourth-order valence-corrected chi connectivity index (χ4v) is 2.37. The van der Waals surface area contributed by atoms with Crippen LogP contribution in [0.4, 0.5) is 0 Å². The SMILES string of the molecule is Cc1ccc(CN2CCC(n3ccnn3)C2)o1. The van der Waals surface area contributed by atoms with Crippen molar-refractivity contribution in [2.45, 2.75) is 25.9 Å². The van der Waals surface area contributed by atoms with Crippen LogP contribution >= 0.6 is 0 Å². The lowest BCUT2D eigenvalue weighted by Crippen LogP contribution is -2.21. The van der Waals surface area contributed by atoms with Crippen LogP contribution in [0.25, 0.3) is 0 Å². The molecule has 3 rings (SSSR count). The average Bonchev–Trinajstić information content (AvgIpc) is 3.00. The van der Waals surface area contributed by atoms with Crippen molar-refractivity contribution in [3.05, 3.63) is 36.0 Å². The van der Waals surface area contributed by atoms with Crippen molar-refractivity contribution in [2.75, 3.05) is 13.1 Å². The molecule has 2 aromatic heterocycles. The van der Waals surface area contributed by atoms with E-state index in [9.17, 15) is 0 Å². The average molecular weight is 232 g/mol. The summed E-state index contributed by atoms with van der Waals surface area (Å²) >= 11 is 0. The minimum atomic E-state index is 0.452. The molecule has 5 nitrogen and oxygen atoms in total. The van der Waals surface area contributed by atoms with Crippen molar-refractivity contribution in [3.8, 4) is 0 Å². The molecule has 3 heterocycles. The van der Waals surface area contributed by atoms with Gasteiger partial charge in [0.2, 0.25) is 0 Å². The van der Waals surface area contributed by atoms with Crippen LogP contribution in [0.15, 0.2) is 28.9 Å². The lowest BCUT2D eigenvalue weighted by atomic mass is 10.3. The first-order valence-corrected chi connectivity index (χ1v) is 5.95. The first-order chi connectivity index (χ1) is 8.31. The van der Waals surface area contributed by atoms with Gasteiger partial charge in [0.1, 0.15) is 11.5 Å².